The summed E-state index contributed by atoms with van der Waals surface area (Å²) in [5, 5.41) is 3.31. The standard InChI is InChI=1S/C15H20N2O/c18-15(13-8-5-10-16-13)17-11-4-3-7-12-6-1-2-9-14(12)17/h1-2,6,9,13,16H,3-5,7-8,10-11H2. The second kappa shape index (κ2) is 5.11. The molecule has 0 spiro atoms. The van der Waals surface area contributed by atoms with Crippen molar-refractivity contribution in [2.45, 2.75) is 38.1 Å². The number of carbonyl (C=O) groups excluding carboxylic acids is 1. The van der Waals surface area contributed by atoms with Crippen molar-refractivity contribution in [1.82, 2.24) is 5.32 Å². The first kappa shape index (κ1) is 11.7. The molecule has 18 heavy (non-hydrogen) atoms. The van der Waals surface area contributed by atoms with Gasteiger partial charge in [-0.3, -0.25) is 4.79 Å². The quantitative estimate of drug-likeness (QED) is 0.820. The normalized spacial score (nSPS) is 23.6. The summed E-state index contributed by atoms with van der Waals surface area (Å²) in [4.78, 5) is 14.6. The smallest absolute Gasteiger partial charge is 0.244 e. The van der Waals surface area contributed by atoms with Gasteiger partial charge in [0.15, 0.2) is 0 Å². The molecule has 0 bridgehead atoms. The van der Waals surface area contributed by atoms with Gasteiger partial charge in [0.05, 0.1) is 6.04 Å². The maximum atomic E-state index is 12.6. The lowest BCUT2D eigenvalue weighted by Crippen LogP contribution is -2.44. The molecule has 1 unspecified atom stereocenters. The van der Waals surface area contributed by atoms with Gasteiger partial charge in [-0.1, -0.05) is 18.2 Å². The van der Waals surface area contributed by atoms with Crippen LogP contribution in [0.2, 0.25) is 0 Å². The molecule has 1 amide bonds. The topological polar surface area (TPSA) is 32.3 Å². The van der Waals surface area contributed by atoms with Gasteiger partial charge in [-0.2, -0.15) is 0 Å². The van der Waals surface area contributed by atoms with Gasteiger partial charge in [-0.15, -0.1) is 0 Å². The van der Waals surface area contributed by atoms with E-state index < -0.39 is 0 Å². The number of rotatable bonds is 1. The van der Waals surface area contributed by atoms with Gasteiger partial charge >= 0.3 is 0 Å². The summed E-state index contributed by atoms with van der Waals surface area (Å²) in [7, 11) is 0. The van der Waals surface area contributed by atoms with Crippen LogP contribution in [0.1, 0.15) is 31.2 Å². The number of amides is 1. The van der Waals surface area contributed by atoms with E-state index in [4.69, 9.17) is 0 Å². The fourth-order valence-electron chi connectivity index (χ4n) is 3.00. The number of fused-ring (bicyclic) bond motifs is 1. The lowest BCUT2D eigenvalue weighted by atomic mass is 10.1. The van der Waals surface area contributed by atoms with Crippen molar-refractivity contribution in [2.24, 2.45) is 0 Å². The van der Waals surface area contributed by atoms with Gasteiger partial charge in [-0.25, -0.2) is 0 Å². The molecule has 1 aromatic rings. The van der Waals surface area contributed by atoms with Crippen LogP contribution in [0.3, 0.4) is 0 Å². The molecule has 1 saturated heterocycles. The molecule has 3 heteroatoms. The van der Waals surface area contributed by atoms with E-state index in [9.17, 15) is 4.79 Å². The van der Waals surface area contributed by atoms with Crippen LogP contribution in [0, 0.1) is 0 Å². The van der Waals surface area contributed by atoms with Crippen LogP contribution in [0.5, 0.6) is 0 Å². The van der Waals surface area contributed by atoms with E-state index in [1.807, 2.05) is 11.0 Å². The molecule has 96 valence electrons. The first-order valence-corrected chi connectivity index (χ1v) is 6.99. The van der Waals surface area contributed by atoms with E-state index in [1.54, 1.807) is 0 Å². The van der Waals surface area contributed by atoms with Crippen LogP contribution in [-0.4, -0.2) is 25.0 Å². The predicted molar refractivity (Wildman–Crippen MR) is 72.8 cm³/mol. The molecule has 3 nitrogen and oxygen atoms in total. The number of aryl methyl sites for hydroxylation is 1. The van der Waals surface area contributed by atoms with Gasteiger partial charge in [-0.05, 0) is 50.3 Å². The zero-order chi connectivity index (χ0) is 12.4. The van der Waals surface area contributed by atoms with E-state index in [-0.39, 0.29) is 11.9 Å². The van der Waals surface area contributed by atoms with E-state index in [1.165, 1.54) is 12.0 Å². The van der Waals surface area contributed by atoms with E-state index in [2.05, 4.69) is 23.5 Å². The third-order valence-electron chi connectivity index (χ3n) is 3.98. The Morgan fingerprint density at radius 3 is 2.94 bits per heavy atom. The van der Waals surface area contributed by atoms with Crippen LogP contribution in [0.25, 0.3) is 0 Å². The molecule has 3 rings (SSSR count). The van der Waals surface area contributed by atoms with Crippen LogP contribution < -0.4 is 10.2 Å². The molecule has 2 heterocycles. The minimum atomic E-state index is 0.0381. The monoisotopic (exact) mass is 244 g/mol. The molecule has 0 aromatic heterocycles. The lowest BCUT2D eigenvalue weighted by Gasteiger charge is -2.25. The summed E-state index contributed by atoms with van der Waals surface area (Å²) in [5.41, 5.74) is 2.45. The third kappa shape index (κ3) is 2.15. The highest BCUT2D eigenvalue weighted by molar-refractivity contribution is 5.98. The molecule has 2 aliphatic rings. The zero-order valence-electron chi connectivity index (χ0n) is 10.7. The molecular formula is C15H20N2O. The number of nitrogens with one attached hydrogen (secondary N) is 1. The Hall–Kier alpha value is -1.35. The fourth-order valence-corrected chi connectivity index (χ4v) is 3.00. The minimum absolute atomic E-state index is 0.0381. The number of hydrogen-bond acceptors (Lipinski definition) is 2. The summed E-state index contributed by atoms with van der Waals surface area (Å²) in [5.74, 6) is 0.266. The Morgan fingerprint density at radius 2 is 2.11 bits per heavy atom. The number of nitrogens with zero attached hydrogens (tertiary/aromatic N) is 1. The van der Waals surface area contributed by atoms with Gasteiger partial charge < -0.3 is 10.2 Å². The predicted octanol–water partition coefficient (Wildman–Crippen LogP) is 2.11. The van der Waals surface area contributed by atoms with Crippen LogP contribution >= 0.6 is 0 Å². The average molecular weight is 244 g/mol. The van der Waals surface area contributed by atoms with E-state index in [0.29, 0.717) is 0 Å². The van der Waals surface area contributed by atoms with Crippen molar-refractivity contribution in [3.63, 3.8) is 0 Å². The van der Waals surface area contributed by atoms with Crippen molar-refractivity contribution in [1.29, 1.82) is 0 Å². The number of hydrogen-bond donors (Lipinski definition) is 1. The van der Waals surface area contributed by atoms with Crippen LogP contribution in [-0.2, 0) is 11.2 Å². The van der Waals surface area contributed by atoms with Gasteiger partial charge in [0, 0.05) is 12.2 Å². The highest BCUT2D eigenvalue weighted by atomic mass is 16.2. The lowest BCUT2D eigenvalue weighted by molar-refractivity contribution is -0.120. The number of benzene rings is 1. The van der Waals surface area contributed by atoms with Gasteiger partial charge in [0.2, 0.25) is 5.91 Å². The zero-order valence-corrected chi connectivity index (χ0v) is 10.7. The second-order valence-electron chi connectivity index (χ2n) is 5.22. The average Bonchev–Trinajstić information content (AvgIpc) is 2.85. The summed E-state index contributed by atoms with van der Waals surface area (Å²) in [6.07, 6.45) is 5.48. The Kier molecular flexibility index (Phi) is 3.33. The highest BCUT2D eigenvalue weighted by Crippen LogP contribution is 2.27. The first-order valence-electron chi connectivity index (χ1n) is 6.99. The van der Waals surface area contributed by atoms with Crippen molar-refractivity contribution >= 4 is 11.6 Å². The number of carbonyl (C=O) groups is 1. The van der Waals surface area contributed by atoms with Crippen LogP contribution in [0.15, 0.2) is 24.3 Å². The van der Waals surface area contributed by atoms with Crippen molar-refractivity contribution in [3.05, 3.63) is 29.8 Å². The van der Waals surface area contributed by atoms with E-state index >= 15 is 0 Å². The molecule has 1 atom stereocenters. The minimum Gasteiger partial charge on any atom is -0.311 e. The van der Waals surface area contributed by atoms with Crippen molar-refractivity contribution < 1.29 is 4.79 Å². The Bertz CT molecular complexity index is 438. The molecule has 0 saturated carbocycles. The molecule has 2 aliphatic heterocycles. The number of anilines is 1. The number of para-hydroxylation sites is 1. The first-order chi connectivity index (χ1) is 8.86. The SMILES string of the molecule is O=C(C1CCCN1)N1CCCCc2ccccc21. The van der Waals surface area contributed by atoms with Gasteiger partial charge in [0.25, 0.3) is 0 Å². The Balaban J connectivity index is 1.88. The molecular weight excluding hydrogens is 224 g/mol. The largest absolute Gasteiger partial charge is 0.311 e. The molecule has 0 radical (unpaired) electrons. The van der Waals surface area contributed by atoms with Crippen molar-refractivity contribution in [2.75, 3.05) is 18.0 Å². The Labute approximate surface area is 108 Å². The maximum absolute atomic E-state index is 12.6. The molecule has 1 fully saturated rings. The summed E-state index contributed by atoms with van der Waals surface area (Å²) in [6, 6.07) is 8.39. The molecule has 1 N–H and O–H groups in total. The van der Waals surface area contributed by atoms with Crippen molar-refractivity contribution in [3.8, 4) is 0 Å². The maximum Gasteiger partial charge on any atom is 0.244 e. The van der Waals surface area contributed by atoms with Crippen LogP contribution in [0.4, 0.5) is 5.69 Å². The fraction of sp³-hybridized carbons (Fsp3) is 0.533. The van der Waals surface area contributed by atoms with E-state index in [0.717, 1.165) is 44.5 Å². The Morgan fingerprint density at radius 1 is 1.22 bits per heavy atom. The van der Waals surface area contributed by atoms with Gasteiger partial charge in [0.1, 0.15) is 0 Å². The highest BCUT2D eigenvalue weighted by Gasteiger charge is 2.29. The molecule has 0 aliphatic carbocycles. The summed E-state index contributed by atoms with van der Waals surface area (Å²) in [6.45, 7) is 1.85. The third-order valence-corrected chi connectivity index (χ3v) is 3.98. The molecule has 1 aromatic carbocycles. The summed E-state index contributed by atoms with van der Waals surface area (Å²) < 4.78 is 0. The summed E-state index contributed by atoms with van der Waals surface area (Å²) >= 11 is 0. The second-order valence-corrected chi connectivity index (χ2v) is 5.22.